The summed E-state index contributed by atoms with van der Waals surface area (Å²) in [6.45, 7) is 0.877. The van der Waals surface area contributed by atoms with Gasteiger partial charge in [-0.15, -0.1) is 4.68 Å². The highest BCUT2D eigenvalue weighted by Gasteiger charge is 2.27. The van der Waals surface area contributed by atoms with Crippen LogP contribution in [0, 0.1) is 0 Å². The van der Waals surface area contributed by atoms with E-state index in [1.807, 2.05) is 16.8 Å². The lowest BCUT2D eigenvalue weighted by Crippen LogP contribution is -2.40. The van der Waals surface area contributed by atoms with Crippen LogP contribution in [0.2, 0.25) is 0 Å². The van der Waals surface area contributed by atoms with E-state index in [4.69, 9.17) is 0 Å². The number of thioether (sulfide) groups is 1. The molecule has 4 rings (SSSR count). The molecule has 0 saturated heterocycles. The Morgan fingerprint density at radius 3 is 3.33 bits per heavy atom. The molecule has 0 aliphatic carbocycles. The van der Waals surface area contributed by atoms with Crippen molar-refractivity contribution in [1.82, 2.24) is 19.7 Å². The molecular formula is C11H9N5OS. The summed E-state index contributed by atoms with van der Waals surface area (Å²) < 4.78 is 3.57. The Balaban J connectivity index is 2.20. The standard InChI is InChI=1S/C11H9N5OS/c17-10-8-7(3-1-4-12-8)9-13-15-5-2-6-18-11(15)16(9)14-10/h1,3-4H,2,5-6H2. The summed E-state index contributed by atoms with van der Waals surface area (Å²) in [5.74, 6) is 0.736. The van der Waals surface area contributed by atoms with Gasteiger partial charge in [0.1, 0.15) is 6.54 Å². The van der Waals surface area contributed by atoms with Crippen LogP contribution in [0.25, 0.3) is 16.6 Å². The summed E-state index contributed by atoms with van der Waals surface area (Å²) in [4.78, 5) is 4.09. The topological polar surface area (TPSA) is 70.0 Å². The number of pyridine rings is 1. The zero-order chi connectivity index (χ0) is 12.1. The molecule has 0 atom stereocenters. The van der Waals surface area contributed by atoms with Crippen LogP contribution in [0.1, 0.15) is 6.42 Å². The number of aromatic nitrogens is 5. The maximum absolute atomic E-state index is 11.9. The normalized spacial score (nSPS) is 15.1. The summed E-state index contributed by atoms with van der Waals surface area (Å²) >= 11 is 1.68. The predicted molar refractivity (Wildman–Crippen MR) is 63.3 cm³/mol. The van der Waals surface area contributed by atoms with E-state index in [0.717, 1.165) is 29.3 Å². The van der Waals surface area contributed by atoms with E-state index in [2.05, 4.69) is 15.2 Å². The summed E-state index contributed by atoms with van der Waals surface area (Å²) in [6.07, 6.45) is 2.69. The predicted octanol–water partition coefficient (Wildman–Crippen LogP) is 0.134. The number of hydrogen-bond donors (Lipinski definition) is 0. The third kappa shape index (κ3) is 1.25. The first-order chi connectivity index (χ1) is 8.84. The highest BCUT2D eigenvalue weighted by atomic mass is 32.2. The quantitative estimate of drug-likeness (QED) is 0.537. The maximum Gasteiger partial charge on any atom is 0.366 e. The van der Waals surface area contributed by atoms with Gasteiger partial charge in [0.05, 0.1) is 16.8 Å². The van der Waals surface area contributed by atoms with Gasteiger partial charge in [0.25, 0.3) is 5.65 Å². The fourth-order valence-electron chi connectivity index (χ4n) is 2.21. The monoisotopic (exact) mass is 259 g/mol. The van der Waals surface area contributed by atoms with Gasteiger partial charge in [-0.25, -0.2) is 0 Å². The van der Waals surface area contributed by atoms with Gasteiger partial charge in [-0.3, -0.25) is 4.98 Å². The van der Waals surface area contributed by atoms with Crippen molar-refractivity contribution in [2.45, 2.75) is 18.1 Å². The van der Waals surface area contributed by atoms with Gasteiger partial charge in [0.2, 0.25) is 0 Å². The molecule has 3 aromatic rings. The van der Waals surface area contributed by atoms with E-state index in [-0.39, 0.29) is 5.88 Å². The zero-order valence-electron chi connectivity index (χ0n) is 9.41. The number of nitrogens with zero attached hydrogens (tertiary/aromatic N) is 5. The highest BCUT2D eigenvalue weighted by Crippen LogP contribution is 2.25. The zero-order valence-corrected chi connectivity index (χ0v) is 10.2. The van der Waals surface area contributed by atoms with E-state index in [0.29, 0.717) is 11.2 Å². The second kappa shape index (κ2) is 3.55. The van der Waals surface area contributed by atoms with Crippen molar-refractivity contribution < 1.29 is 9.79 Å². The summed E-state index contributed by atoms with van der Waals surface area (Å²) in [5.41, 5.74) is 1.10. The Hall–Kier alpha value is -1.89. The molecule has 1 aliphatic heterocycles. The molecular weight excluding hydrogens is 250 g/mol. The molecule has 90 valence electrons. The minimum Gasteiger partial charge on any atom is -0.854 e. The van der Waals surface area contributed by atoms with Crippen molar-refractivity contribution in [3.8, 4) is 5.88 Å². The van der Waals surface area contributed by atoms with Crippen molar-refractivity contribution in [3.05, 3.63) is 18.3 Å². The second-order valence-electron chi connectivity index (χ2n) is 4.15. The number of aryl methyl sites for hydroxylation is 1. The van der Waals surface area contributed by atoms with Gasteiger partial charge in [-0.2, -0.15) is 0 Å². The second-order valence-corrected chi connectivity index (χ2v) is 5.21. The molecule has 3 aromatic heterocycles. The smallest absolute Gasteiger partial charge is 0.366 e. The summed E-state index contributed by atoms with van der Waals surface area (Å²) in [7, 11) is 0. The average Bonchev–Trinajstić information content (AvgIpc) is 2.78. The van der Waals surface area contributed by atoms with Crippen LogP contribution in [0.5, 0.6) is 5.88 Å². The van der Waals surface area contributed by atoms with Gasteiger partial charge >= 0.3 is 5.16 Å². The Labute approximate surface area is 106 Å². The van der Waals surface area contributed by atoms with Gasteiger partial charge in [0.15, 0.2) is 0 Å². The van der Waals surface area contributed by atoms with Gasteiger partial charge in [0, 0.05) is 11.9 Å². The van der Waals surface area contributed by atoms with Gasteiger partial charge in [-0.05, 0) is 35.4 Å². The van der Waals surface area contributed by atoms with Crippen LogP contribution in [0.15, 0.2) is 23.5 Å². The lowest BCUT2D eigenvalue weighted by Gasteiger charge is -2.06. The molecule has 0 saturated carbocycles. The van der Waals surface area contributed by atoms with Crippen LogP contribution in [-0.2, 0) is 6.54 Å². The molecule has 0 bridgehead atoms. The van der Waals surface area contributed by atoms with Crippen LogP contribution in [0.3, 0.4) is 0 Å². The minimum atomic E-state index is -0.301. The summed E-state index contributed by atoms with van der Waals surface area (Å²) in [5, 5.41) is 22.2. The first kappa shape index (κ1) is 10.1. The Bertz CT molecular complexity index is 769. The number of hydrogen-bond acceptors (Lipinski definition) is 5. The lowest BCUT2D eigenvalue weighted by atomic mass is 10.3. The Kier molecular flexibility index (Phi) is 1.99. The molecule has 0 aromatic carbocycles. The number of fused-ring (bicyclic) bond motifs is 5. The third-order valence-corrected chi connectivity index (χ3v) is 4.14. The van der Waals surface area contributed by atoms with Crippen LogP contribution >= 0.6 is 11.8 Å². The van der Waals surface area contributed by atoms with Gasteiger partial charge in [-0.1, -0.05) is 9.61 Å². The van der Waals surface area contributed by atoms with Crippen LogP contribution < -0.4 is 9.79 Å². The molecule has 7 heteroatoms. The van der Waals surface area contributed by atoms with Crippen molar-refractivity contribution in [3.63, 3.8) is 0 Å². The Morgan fingerprint density at radius 1 is 1.44 bits per heavy atom. The van der Waals surface area contributed by atoms with Crippen molar-refractivity contribution in [2.75, 3.05) is 5.75 Å². The molecule has 0 spiro atoms. The van der Waals surface area contributed by atoms with E-state index >= 15 is 0 Å². The number of rotatable bonds is 0. The first-order valence-corrected chi connectivity index (χ1v) is 6.70. The molecule has 0 amide bonds. The van der Waals surface area contributed by atoms with Crippen molar-refractivity contribution in [1.29, 1.82) is 0 Å². The van der Waals surface area contributed by atoms with Crippen molar-refractivity contribution in [2.24, 2.45) is 0 Å². The highest BCUT2D eigenvalue weighted by molar-refractivity contribution is 7.99. The Morgan fingerprint density at radius 2 is 2.39 bits per heavy atom. The molecule has 1 aliphatic rings. The molecule has 6 nitrogen and oxygen atoms in total. The SMILES string of the molecule is [O-]c1nn2c3[n+](nc2c2cccnc12)CCCS3. The van der Waals surface area contributed by atoms with Crippen molar-refractivity contribution >= 4 is 28.3 Å². The van der Waals surface area contributed by atoms with E-state index in [1.54, 1.807) is 22.5 Å². The molecule has 0 N–H and O–H groups in total. The molecule has 0 fully saturated rings. The van der Waals surface area contributed by atoms with Crippen LogP contribution in [-0.4, -0.2) is 25.4 Å². The first-order valence-electron chi connectivity index (χ1n) is 5.72. The molecule has 0 unspecified atom stereocenters. The largest absolute Gasteiger partial charge is 0.854 e. The van der Waals surface area contributed by atoms with Crippen LogP contribution in [0.4, 0.5) is 0 Å². The molecule has 18 heavy (non-hydrogen) atoms. The average molecular weight is 259 g/mol. The fourth-order valence-corrected chi connectivity index (χ4v) is 3.20. The van der Waals surface area contributed by atoms with Gasteiger partial charge < -0.3 is 5.11 Å². The van der Waals surface area contributed by atoms with E-state index in [9.17, 15) is 5.11 Å². The van der Waals surface area contributed by atoms with E-state index < -0.39 is 0 Å². The fraction of sp³-hybridized carbons (Fsp3) is 0.273. The minimum absolute atomic E-state index is 0.301. The van der Waals surface area contributed by atoms with E-state index in [1.165, 1.54) is 0 Å². The third-order valence-electron chi connectivity index (χ3n) is 3.01. The summed E-state index contributed by atoms with van der Waals surface area (Å²) in [6, 6.07) is 3.68. The maximum atomic E-state index is 11.9. The molecule has 4 heterocycles. The lowest BCUT2D eigenvalue weighted by molar-refractivity contribution is -0.786. The molecule has 0 radical (unpaired) electrons.